The highest BCUT2D eigenvalue weighted by atomic mass is 16.5. The van der Waals surface area contributed by atoms with Crippen LogP contribution in [0.15, 0.2) is 54.2 Å². The average Bonchev–Trinajstić information content (AvgIpc) is 2.94. The van der Waals surface area contributed by atoms with Gasteiger partial charge in [0.2, 0.25) is 0 Å². The van der Waals surface area contributed by atoms with Crippen LogP contribution in [-0.4, -0.2) is 42.0 Å². The fourth-order valence-corrected chi connectivity index (χ4v) is 4.14. The lowest BCUT2D eigenvalue weighted by Gasteiger charge is -2.37. The molecule has 2 heterocycles. The molecule has 0 aliphatic carbocycles. The van der Waals surface area contributed by atoms with Crippen LogP contribution >= 0.6 is 0 Å². The maximum absolute atomic E-state index is 13.6. The summed E-state index contributed by atoms with van der Waals surface area (Å²) < 4.78 is 5.85. The molecule has 0 saturated carbocycles. The van der Waals surface area contributed by atoms with E-state index in [0.717, 1.165) is 16.7 Å². The molecule has 2 aromatic rings. The number of aryl methyl sites for hydroxylation is 2. The van der Waals surface area contributed by atoms with Gasteiger partial charge in [0.15, 0.2) is 0 Å². The quantitative estimate of drug-likeness (QED) is 0.750. The number of rotatable bonds is 3. The number of ether oxygens (including phenoxy) is 1. The highest BCUT2D eigenvalue weighted by molar-refractivity contribution is 6.45. The third-order valence-corrected chi connectivity index (χ3v) is 5.61. The highest BCUT2D eigenvalue weighted by Crippen LogP contribution is 2.36. The summed E-state index contributed by atoms with van der Waals surface area (Å²) in [5, 5.41) is 0. The Morgan fingerprint density at radius 2 is 1.52 bits per heavy atom. The van der Waals surface area contributed by atoms with Gasteiger partial charge in [-0.05, 0) is 56.5 Å². The summed E-state index contributed by atoms with van der Waals surface area (Å²) in [6.07, 6.45) is -0.0244. The minimum atomic E-state index is -0.272. The molecule has 5 nitrogen and oxygen atoms in total. The van der Waals surface area contributed by atoms with Crippen molar-refractivity contribution in [1.82, 2.24) is 4.90 Å². The second kappa shape index (κ2) is 7.48. The van der Waals surface area contributed by atoms with E-state index in [-0.39, 0.29) is 24.0 Å². The second-order valence-corrected chi connectivity index (χ2v) is 7.97. The smallest absolute Gasteiger partial charge is 0.282 e. The topological polar surface area (TPSA) is 49.9 Å². The van der Waals surface area contributed by atoms with E-state index in [4.69, 9.17) is 4.74 Å². The molecule has 0 bridgehead atoms. The Morgan fingerprint density at radius 1 is 0.862 bits per heavy atom. The van der Waals surface area contributed by atoms with Gasteiger partial charge < -0.3 is 9.64 Å². The summed E-state index contributed by atoms with van der Waals surface area (Å²) in [5.74, 6) is -0.537. The van der Waals surface area contributed by atoms with Crippen molar-refractivity contribution in [2.45, 2.75) is 39.9 Å². The van der Waals surface area contributed by atoms with Crippen LogP contribution in [0.3, 0.4) is 0 Å². The maximum Gasteiger partial charge on any atom is 0.282 e. The van der Waals surface area contributed by atoms with Crippen LogP contribution in [0, 0.1) is 13.8 Å². The van der Waals surface area contributed by atoms with Crippen LogP contribution < -0.4 is 4.90 Å². The van der Waals surface area contributed by atoms with Gasteiger partial charge in [0.1, 0.15) is 5.70 Å². The molecule has 150 valence electrons. The molecule has 2 amide bonds. The molecule has 0 spiro atoms. The first kappa shape index (κ1) is 19.4. The lowest BCUT2D eigenvalue weighted by Crippen LogP contribution is -2.47. The minimum Gasteiger partial charge on any atom is -0.372 e. The van der Waals surface area contributed by atoms with Gasteiger partial charge in [0, 0.05) is 13.1 Å². The van der Waals surface area contributed by atoms with Crippen LogP contribution in [0.25, 0.3) is 5.57 Å². The molecule has 2 aromatic carbocycles. The zero-order valence-corrected chi connectivity index (χ0v) is 17.3. The molecule has 0 aromatic heterocycles. The molecule has 2 unspecified atom stereocenters. The Morgan fingerprint density at radius 3 is 2.14 bits per heavy atom. The zero-order chi connectivity index (χ0) is 20.7. The molecule has 2 atom stereocenters. The molecular weight excluding hydrogens is 364 g/mol. The van der Waals surface area contributed by atoms with Crippen molar-refractivity contribution in [2.24, 2.45) is 0 Å². The lowest BCUT2D eigenvalue weighted by atomic mass is 10.0. The first-order valence-corrected chi connectivity index (χ1v) is 10.0. The molecule has 29 heavy (non-hydrogen) atoms. The maximum atomic E-state index is 13.6. The number of carbonyl (C=O) groups excluding carboxylic acids is 2. The standard InChI is InChI=1S/C24H26N2O3/c1-15-10-11-20(12-16(15)2)26-23(27)21(19-8-6-5-7-9-19)22(24(26)28)25-13-17(3)29-18(4)14-25/h5-12,17-18H,13-14H2,1-4H3. The van der Waals surface area contributed by atoms with Crippen LogP contribution in [-0.2, 0) is 14.3 Å². The van der Waals surface area contributed by atoms with Gasteiger partial charge in [-0.3, -0.25) is 9.59 Å². The SMILES string of the molecule is Cc1ccc(N2C(=O)C(c3ccccc3)=C(N3CC(C)OC(C)C3)C2=O)cc1C. The Labute approximate surface area is 171 Å². The summed E-state index contributed by atoms with van der Waals surface area (Å²) in [4.78, 5) is 30.4. The number of nitrogens with zero attached hydrogens (tertiary/aromatic N) is 2. The highest BCUT2D eigenvalue weighted by Gasteiger charge is 2.43. The number of anilines is 1. The molecule has 1 saturated heterocycles. The summed E-state index contributed by atoms with van der Waals surface area (Å²) in [7, 11) is 0. The van der Waals surface area contributed by atoms with Crippen LogP contribution in [0.4, 0.5) is 5.69 Å². The van der Waals surface area contributed by atoms with Gasteiger partial charge in [0.25, 0.3) is 11.8 Å². The summed E-state index contributed by atoms with van der Waals surface area (Å²) in [5.41, 5.74) is 4.49. The largest absolute Gasteiger partial charge is 0.372 e. The van der Waals surface area contributed by atoms with E-state index in [1.807, 2.05) is 81.1 Å². The number of benzene rings is 2. The van der Waals surface area contributed by atoms with Crippen molar-refractivity contribution in [3.05, 3.63) is 70.9 Å². The van der Waals surface area contributed by atoms with E-state index in [1.165, 1.54) is 4.90 Å². The van der Waals surface area contributed by atoms with Crippen LogP contribution in [0.2, 0.25) is 0 Å². The van der Waals surface area contributed by atoms with E-state index in [0.29, 0.717) is 30.0 Å². The van der Waals surface area contributed by atoms with Crippen molar-refractivity contribution in [1.29, 1.82) is 0 Å². The average molecular weight is 390 g/mol. The van der Waals surface area contributed by atoms with Crippen molar-refractivity contribution < 1.29 is 14.3 Å². The third kappa shape index (κ3) is 3.47. The number of morpholine rings is 1. The lowest BCUT2D eigenvalue weighted by molar-refractivity contribution is -0.121. The second-order valence-electron chi connectivity index (χ2n) is 7.97. The summed E-state index contributed by atoms with van der Waals surface area (Å²) >= 11 is 0. The molecule has 1 fully saturated rings. The van der Waals surface area contributed by atoms with E-state index < -0.39 is 0 Å². The first-order valence-electron chi connectivity index (χ1n) is 10.0. The molecule has 4 rings (SSSR count). The summed E-state index contributed by atoms with van der Waals surface area (Å²) in [6.45, 7) is 9.15. The van der Waals surface area contributed by atoms with Crippen molar-refractivity contribution in [3.63, 3.8) is 0 Å². The number of hydrogen-bond acceptors (Lipinski definition) is 4. The fourth-order valence-electron chi connectivity index (χ4n) is 4.14. The minimum absolute atomic E-state index is 0.0122. The Balaban J connectivity index is 1.83. The number of imide groups is 1. The number of amides is 2. The van der Waals surface area contributed by atoms with Gasteiger partial charge >= 0.3 is 0 Å². The molecule has 5 heteroatoms. The Kier molecular flexibility index (Phi) is 5.01. The van der Waals surface area contributed by atoms with Crippen molar-refractivity contribution in [2.75, 3.05) is 18.0 Å². The van der Waals surface area contributed by atoms with Crippen LogP contribution in [0.5, 0.6) is 0 Å². The molecule has 0 radical (unpaired) electrons. The normalized spacial score (nSPS) is 22.6. The summed E-state index contributed by atoms with van der Waals surface area (Å²) in [6, 6.07) is 15.2. The van der Waals surface area contributed by atoms with Gasteiger partial charge in [0.05, 0.1) is 23.5 Å². The molecule has 0 N–H and O–H groups in total. The Bertz CT molecular complexity index is 986. The van der Waals surface area contributed by atoms with Gasteiger partial charge in [-0.1, -0.05) is 36.4 Å². The zero-order valence-electron chi connectivity index (χ0n) is 17.3. The third-order valence-electron chi connectivity index (χ3n) is 5.61. The van der Waals surface area contributed by atoms with Gasteiger partial charge in [-0.15, -0.1) is 0 Å². The van der Waals surface area contributed by atoms with E-state index >= 15 is 0 Å². The molecule has 2 aliphatic heterocycles. The first-order chi connectivity index (χ1) is 13.9. The number of hydrogen-bond donors (Lipinski definition) is 0. The van der Waals surface area contributed by atoms with E-state index in [1.54, 1.807) is 0 Å². The fraction of sp³-hybridized carbons (Fsp3) is 0.333. The predicted octanol–water partition coefficient (Wildman–Crippen LogP) is 3.70. The van der Waals surface area contributed by atoms with Crippen molar-refractivity contribution in [3.8, 4) is 0 Å². The van der Waals surface area contributed by atoms with Gasteiger partial charge in [-0.2, -0.15) is 0 Å². The monoisotopic (exact) mass is 390 g/mol. The predicted molar refractivity (Wildman–Crippen MR) is 113 cm³/mol. The molecule has 2 aliphatic rings. The van der Waals surface area contributed by atoms with Crippen molar-refractivity contribution >= 4 is 23.1 Å². The van der Waals surface area contributed by atoms with E-state index in [9.17, 15) is 9.59 Å². The number of carbonyl (C=O) groups is 2. The van der Waals surface area contributed by atoms with Gasteiger partial charge in [-0.25, -0.2) is 4.90 Å². The Hall–Kier alpha value is -2.92. The molecular formula is C24H26N2O3. The van der Waals surface area contributed by atoms with E-state index in [2.05, 4.69) is 0 Å². The van der Waals surface area contributed by atoms with Crippen LogP contribution in [0.1, 0.15) is 30.5 Å².